The highest BCUT2D eigenvalue weighted by Gasteiger charge is 2.40. The van der Waals surface area contributed by atoms with Gasteiger partial charge in [-0.15, -0.1) is 0 Å². The van der Waals surface area contributed by atoms with Crippen LogP contribution in [0.25, 0.3) is 76.5 Å². The van der Waals surface area contributed by atoms with E-state index < -0.39 is 281 Å². The maximum Gasteiger partial charge on any atom is 0.0636 e. The molecule has 0 nitrogen and oxygen atoms in total. The van der Waals surface area contributed by atoms with Gasteiger partial charge < -0.3 is 0 Å². The molecule has 0 fully saturated rings. The summed E-state index contributed by atoms with van der Waals surface area (Å²) in [7, 11) is 0. The van der Waals surface area contributed by atoms with Crippen LogP contribution >= 0.6 is 0 Å². The van der Waals surface area contributed by atoms with Crippen molar-refractivity contribution in [3.8, 4) is 33.4 Å². The molecule has 0 spiro atoms. The normalized spacial score (nSPS) is 24.9. The monoisotopic (exact) mass is 640 g/mol. The van der Waals surface area contributed by atoms with Gasteiger partial charge >= 0.3 is 0 Å². The van der Waals surface area contributed by atoms with Crippen LogP contribution in [-0.4, -0.2) is 0 Å². The van der Waals surface area contributed by atoms with Crippen molar-refractivity contribution in [3.63, 3.8) is 0 Å². The molecule has 0 aromatic heterocycles. The lowest BCUT2D eigenvalue weighted by molar-refractivity contribution is 0.714. The van der Waals surface area contributed by atoms with E-state index in [2.05, 4.69) is 0 Å². The summed E-state index contributed by atoms with van der Waals surface area (Å²) in [6.07, 6.45) is 0. The van der Waals surface area contributed by atoms with Gasteiger partial charge in [-0.05, 0) is 124 Å². The number of rotatable bonds is 3. The van der Waals surface area contributed by atoms with Gasteiger partial charge in [0.1, 0.15) is 0 Å². The van der Waals surface area contributed by atoms with Crippen molar-refractivity contribution >= 4 is 43.1 Å². The van der Waals surface area contributed by atoms with E-state index in [0.717, 1.165) is 0 Å². The van der Waals surface area contributed by atoms with Crippen molar-refractivity contribution in [1.82, 2.24) is 0 Å². The lowest BCUT2D eigenvalue weighted by atomic mass is 9.74. The molecule has 9 aromatic carbocycles. The van der Waals surface area contributed by atoms with E-state index in [1.165, 1.54) is 0 Å². The predicted molar refractivity (Wildman–Crippen MR) is 205 cm³/mol. The van der Waals surface area contributed by atoms with Gasteiger partial charge in [-0.2, -0.15) is 0 Å². The second kappa shape index (κ2) is 10.3. The van der Waals surface area contributed by atoms with E-state index >= 15 is 0 Å². The van der Waals surface area contributed by atoms with Crippen molar-refractivity contribution in [1.29, 1.82) is 0 Å². The Kier molecular flexibility index (Phi) is 2.19. The Hall–Kier alpha value is -5.98. The highest BCUT2D eigenvalue weighted by atomic mass is 14.4. The quantitative estimate of drug-likeness (QED) is 0.133. The molecular weight excluding hydrogens is 577 g/mol. The number of hydrogen-bond donors (Lipinski definition) is 0. The van der Waals surface area contributed by atoms with Crippen LogP contribution < -0.4 is 0 Å². The van der Waals surface area contributed by atoms with Crippen LogP contribution in [0.1, 0.15) is 67.4 Å². The van der Waals surface area contributed by atoms with E-state index in [-0.39, 0.29) is 0 Å². The maximum atomic E-state index is 9.92. The zero-order valence-corrected chi connectivity index (χ0v) is 24.0. The van der Waals surface area contributed by atoms with E-state index in [1.54, 1.807) is 0 Å². The highest BCUT2D eigenvalue weighted by molar-refractivity contribution is 6.20. The summed E-state index contributed by atoms with van der Waals surface area (Å²) in [6.45, 7) is -3.86. The van der Waals surface area contributed by atoms with Gasteiger partial charge in [0.05, 0.1) is 39.8 Å². The molecule has 1 aliphatic carbocycles. The molecule has 0 heterocycles. The molecular formula is C48H32. The highest BCUT2D eigenvalue weighted by Crippen LogP contribution is 2.53. The van der Waals surface area contributed by atoms with Crippen LogP contribution in [-0.2, 0) is 5.41 Å². The average molecular weight is 641 g/mol. The largest absolute Gasteiger partial charge is 0.0636 e. The first kappa shape index (κ1) is 10.3. The third kappa shape index (κ3) is 3.90. The summed E-state index contributed by atoms with van der Waals surface area (Å²) in [4.78, 5) is 0. The van der Waals surface area contributed by atoms with E-state index in [0.29, 0.717) is 0 Å². The molecule has 1 aliphatic rings. The smallest absolute Gasteiger partial charge is 0.0622 e. The van der Waals surface area contributed by atoms with Crippen LogP contribution in [0.3, 0.4) is 0 Å². The Balaban J connectivity index is 1.41. The van der Waals surface area contributed by atoms with Gasteiger partial charge in [0.15, 0.2) is 0 Å². The number of fused-ring (bicyclic) bond motifs is 8. The number of benzene rings is 9. The average Bonchev–Trinajstić information content (AvgIpc) is 3.73. The van der Waals surface area contributed by atoms with Crippen LogP contribution in [0.5, 0.6) is 0 Å². The summed E-state index contributed by atoms with van der Waals surface area (Å²) in [5.74, 6) is 0. The summed E-state index contributed by atoms with van der Waals surface area (Å²) >= 11 is 0. The van der Waals surface area contributed by atoms with E-state index in [9.17, 15) is 19.2 Å². The van der Waals surface area contributed by atoms with Crippen LogP contribution in [0.4, 0.5) is 0 Å². The lowest BCUT2D eigenvalue weighted by Gasteiger charge is -2.28. The van der Waals surface area contributed by atoms with Gasteiger partial charge in [-0.1, -0.05) is 151 Å². The van der Waals surface area contributed by atoms with Crippen molar-refractivity contribution in [2.75, 3.05) is 0 Å². The molecule has 1 atom stereocenters. The third-order valence-corrected chi connectivity index (χ3v) is 8.19. The Morgan fingerprint density at radius 3 is 1.88 bits per heavy atom. The summed E-state index contributed by atoms with van der Waals surface area (Å²) in [5.41, 5.74) is -11.9. The van der Waals surface area contributed by atoms with Gasteiger partial charge in [0.25, 0.3) is 0 Å². The molecule has 0 amide bonds. The lowest BCUT2D eigenvalue weighted by Crippen LogP contribution is -2.22. The molecule has 0 radical (unpaired) electrons. The SMILES string of the molecule is [2H]c1c([2H])c([2H])c(C2(C([2H])([2H])[2H])c3c([2H])c([2H])c([2H])c([2H])c3-c3c([2H])c([2H])c(-c4c([2H])c([2H])c5c([2H])c(-c6c7c([2H])c([2H])c([2H])c([2H])c7c([2H])c7c6c([2H])c([2H])c6c([2H])c([2H])c([2H])c([2H])c67)c([2H])c([2H])c5c4[2H])c([2H])c32)c([2H])c1[2H]. The zero-order chi connectivity index (χ0) is 59.6. The zero-order valence-electron chi connectivity index (χ0n) is 56.0. The fraction of sp³-hybridized carbons (Fsp3) is 0.0417. The molecule has 0 saturated carbocycles. The molecule has 9 aromatic rings. The molecule has 48 heavy (non-hydrogen) atoms. The van der Waals surface area contributed by atoms with Crippen molar-refractivity contribution in [2.45, 2.75) is 12.3 Å². The Morgan fingerprint density at radius 2 is 1.02 bits per heavy atom. The van der Waals surface area contributed by atoms with Gasteiger partial charge in [-0.3, -0.25) is 0 Å². The Morgan fingerprint density at radius 1 is 0.396 bits per heavy atom. The first-order valence-corrected chi connectivity index (χ1v) is 14.2. The molecule has 0 aliphatic heterocycles. The topological polar surface area (TPSA) is 0 Å². The summed E-state index contributed by atoms with van der Waals surface area (Å²) in [5, 5.41) is -5.49. The first-order valence-electron chi connectivity index (χ1n) is 30.2. The second-order valence-corrected chi connectivity index (χ2v) is 10.8. The van der Waals surface area contributed by atoms with E-state index in [4.69, 9.17) is 24.7 Å². The molecule has 0 saturated heterocycles. The molecule has 1 unspecified atom stereocenters. The van der Waals surface area contributed by atoms with Crippen LogP contribution in [0, 0.1) is 0 Å². The summed E-state index contributed by atoms with van der Waals surface area (Å²) < 4.78 is 290. The fourth-order valence-corrected chi connectivity index (χ4v) is 6.03. The minimum Gasteiger partial charge on any atom is -0.0622 e. The van der Waals surface area contributed by atoms with Gasteiger partial charge in [0.2, 0.25) is 0 Å². The van der Waals surface area contributed by atoms with E-state index in [1.807, 2.05) is 0 Å². The Labute approximate surface area is 325 Å². The second-order valence-electron chi connectivity index (χ2n) is 10.8. The molecule has 0 N–H and O–H groups in total. The van der Waals surface area contributed by atoms with Crippen molar-refractivity contribution in [3.05, 3.63) is 192 Å². The molecule has 224 valence electrons. The van der Waals surface area contributed by atoms with Gasteiger partial charge in [-0.25, -0.2) is 0 Å². The predicted octanol–water partition coefficient (Wildman–Crippen LogP) is 13.0. The van der Waals surface area contributed by atoms with Gasteiger partial charge in [0, 0.05) is 9.53 Å². The fourth-order valence-electron chi connectivity index (χ4n) is 6.03. The summed E-state index contributed by atoms with van der Waals surface area (Å²) in [6, 6.07) is -30.1. The standard InChI is InChI=1S/C48H32/c1-48(38-13-3-2-4-14-38)45-18-10-9-17-41(45)42-25-24-35(30-46(42)48)33-19-20-34-28-37(22-21-32(34)27-33)47-40-16-8-6-12-36(40)29-44-39-15-7-5-11-31(39)23-26-43(44)47/h2-30H,1H3/i1D3,2D,3D,4D,5D,6D,7D,8D,9D,10D,11D,12D,13D,14D,15D,16D,17D,18D,19D,20D,21D,22D,23D,24D,25D,26D,27D,28D,29D,30D. The molecule has 10 rings (SSSR count). The maximum absolute atomic E-state index is 9.92. The third-order valence-electron chi connectivity index (χ3n) is 8.19. The molecule has 0 bridgehead atoms. The van der Waals surface area contributed by atoms with Crippen LogP contribution in [0.15, 0.2) is 175 Å². The minimum absolute atomic E-state index is 0.568. The minimum atomic E-state index is -3.86. The van der Waals surface area contributed by atoms with Crippen LogP contribution in [0.2, 0.25) is 0 Å². The Bertz CT molecular complexity index is 4470. The number of hydrogen-bond acceptors (Lipinski definition) is 0. The first-order chi connectivity index (χ1) is 37.0. The van der Waals surface area contributed by atoms with Crippen molar-refractivity contribution < 1.29 is 43.9 Å². The molecule has 0 heteroatoms. The van der Waals surface area contributed by atoms with Crippen molar-refractivity contribution in [2.24, 2.45) is 0 Å².